The van der Waals surface area contributed by atoms with E-state index in [0.29, 0.717) is 19.6 Å². The van der Waals surface area contributed by atoms with E-state index in [1.54, 1.807) is 0 Å². The third-order valence-corrected chi connectivity index (χ3v) is 2.05. The fourth-order valence-corrected chi connectivity index (χ4v) is 1.34. The quantitative estimate of drug-likeness (QED) is 0.634. The lowest BCUT2D eigenvalue weighted by atomic mass is 10.0. The third kappa shape index (κ3) is 2.62. The minimum absolute atomic E-state index is 0.228. The first-order chi connectivity index (χ1) is 6.06. The Balaban J connectivity index is 2.44. The first-order valence-corrected chi connectivity index (χ1v) is 4.10. The summed E-state index contributed by atoms with van der Waals surface area (Å²) in [5.74, 6) is -5.05. The lowest BCUT2D eigenvalue weighted by molar-refractivity contribution is -0.171. The van der Waals surface area contributed by atoms with Crippen molar-refractivity contribution in [2.45, 2.75) is 18.8 Å². The van der Waals surface area contributed by atoms with Gasteiger partial charge in [-0.15, -0.1) is 0 Å². The highest BCUT2D eigenvalue weighted by Crippen LogP contribution is 2.29. The van der Waals surface area contributed by atoms with Crippen molar-refractivity contribution < 1.29 is 23.0 Å². The Morgan fingerprint density at radius 2 is 2.38 bits per heavy atom. The highest BCUT2D eigenvalue weighted by molar-refractivity contribution is 5.77. The van der Waals surface area contributed by atoms with Crippen LogP contribution in [0.4, 0.5) is 8.78 Å². The maximum absolute atomic E-state index is 12.9. The number of ether oxygens (including phenoxy) is 2. The molecular formula is C8H12F2O3. The molecule has 1 saturated heterocycles. The van der Waals surface area contributed by atoms with Gasteiger partial charge in [0.2, 0.25) is 0 Å². The predicted octanol–water partition coefficient (Wildman–Crippen LogP) is 1.22. The summed E-state index contributed by atoms with van der Waals surface area (Å²) in [6.07, 6.45) is 0.117. The lowest BCUT2D eigenvalue weighted by Crippen LogP contribution is -2.32. The summed E-state index contributed by atoms with van der Waals surface area (Å²) in [5, 5.41) is 0. The highest BCUT2D eigenvalue weighted by Gasteiger charge is 2.42. The normalized spacial score (nSPS) is 23.2. The molecule has 1 aliphatic rings. The Hall–Kier alpha value is -0.710. The lowest BCUT2D eigenvalue weighted by Gasteiger charge is -2.16. The van der Waals surface area contributed by atoms with Gasteiger partial charge in [0, 0.05) is 19.6 Å². The smallest absolute Gasteiger partial charge is 0.376 e. The van der Waals surface area contributed by atoms with Gasteiger partial charge in [-0.25, -0.2) is 4.79 Å². The average Bonchev–Trinajstić information content (AvgIpc) is 2.54. The van der Waals surface area contributed by atoms with Crippen molar-refractivity contribution in [1.82, 2.24) is 0 Å². The predicted molar refractivity (Wildman–Crippen MR) is 40.5 cm³/mol. The van der Waals surface area contributed by atoms with Gasteiger partial charge >= 0.3 is 11.9 Å². The number of halogens is 2. The maximum atomic E-state index is 12.9. The summed E-state index contributed by atoms with van der Waals surface area (Å²) in [6, 6.07) is 0. The molecule has 0 aliphatic carbocycles. The van der Waals surface area contributed by atoms with Crippen LogP contribution < -0.4 is 0 Å². The summed E-state index contributed by atoms with van der Waals surface area (Å²) in [6.45, 7) is 0.814. The Morgan fingerprint density at radius 1 is 1.69 bits per heavy atom. The van der Waals surface area contributed by atoms with Crippen LogP contribution in [0.2, 0.25) is 0 Å². The molecule has 0 amide bonds. The Labute approximate surface area is 75.0 Å². The van der Waals surface area contributed by atoms with Crippen molar-refractivity contribution in [2.24, 2.45) is 5.92 Å². The first kappa shape index (κ1) is 10.4. The number of rotatable bonds is 3. The minimum Gasteiger partial charge on any atom is -0.465 e. The molecule has 1 unspecified atom stereocenters. The molecule has 3 nitrogen and oxygen atoms in total. The largest absolute Gasteiger partial charge is 0.465 e. The molecule has 1 rings (SSSR count). The molecule has 13 heavy (non-hydrogen) atoms. The van der Waals surface area contributed by atoms with Gasteiger partial charge in [-0.1, -0.05) is 0 Å². The van der Waals surface area contributed by atoms with E-state index in [9.17, 15) is 13.6 Å². The van der Waals surface area contributed by atoms with Gasteiger partial charge in [-0.2, -0.15) is 8.78 Å². The van der Waals surface area contributed by atoms with Gasteiger partial charge in [0.25, 0.3) is 0 Å². The van der Waals surface area contributed by atoms with Gasteiger partial charge in [-0.3, -0.25) is 0 Å². The average molecular weight is 194 g/mol. The molecule has 1 heterocycles. The Kier molecular flexibility index (Phi) is 3.19. The summed E-state index contributed by atoms with van der Waals surface area (Å²) in [4.78, 5) is 10.6. The molecular weight excluding hydrogens is 182 g/mol. The van der Waals surface area contributed by atoms with Crippen molar-refractivity contribution in [3.63, 3.8) is 0 Å². The molecule has 76 valence electrons. The van der Waals surface area contributed by atoms with Crippen LogP contribution in [0.5, 0.6) is 0 Å². The van der Waals surface area contributed by atoms with E-state index in [-0.39, 0.29) is 5.92 Å². The summed E-state index contributed by atoms with van der Waals surface area (Å²) < 4.78 is 34.8. The zero-order valence-corrected chi connectivity index (χ0v) is 7.39. The number of methoxy groups -OCH3 is 1. The van der Waals surface area contributed by atoms with Crippen LogP contribution in [0, 0.1) is 5.92 Å². The van der Waals surface area contributed by atoms with E-state index in [2.05, 4.69) is 4.74 Å². The second-order valence-corrected chi connectivity index (χ2v) is 3.13. The molecule has 0 aromatic carbocycles. The van der Waals surface area contributed by atoms with Crippen LogP contribution in [-0.4, -0.2) is 32.2 Å². The van der Waals surface area contributed by atoms with Crippen LogP contribution in [0.15, 0.2) is 0 Å². The number of carbonyl (C=O) groups excluding carboxylic acids is 1. The van der Waals surface area contributed by atoms with Crippen molar-refractivity contribution in [3.8, 4) is 0 Å². The third-order valence-electron chi connectivity index (χ3n) is 2.05. The summed E-state index contributed by atoms with van der Waals surface area (Å²) in [5.41, 5.74) is 0. The fourth-order valence-electron chi connectivity index (χ4n) is 1.34. The van der Waals surface area contributed by atoms with Gasteiger partial charge in [0.15, 0.2) is 0 Å². The van der Waals surface area contributed by atoms with Crippen molar-refractivity contribution in [2.75, 3.05) is 20.3 Å². The molecule has 0 aromatic rings. The molecule has 0 bridgehead atoms. The molecule has 1 atom stereocenters. The number of alkyl halides is 2. The monoisotopic (exact) mass is 194 g/mol. The standard InChI is InChI=1S/C8H12F2O3/c1-12-7(11)8(9,10)4-6-2-3-13-5-6/h6H,2-5H2,1H3. The van der Waals surface area contributed by atoms with Crippen LogP contribution in [-0.2, 0) is 14.3 Å². The van der Waals surface area contributed by atoms with E-state index in [0.717, 1.165) is 7.11 Å². The number of hydrogen-bond acceptors (Lipinski definition) is 3. The first-order valence-electron chi connectivity index (χ1n) is 4.10. The zero-order chi connectivity index (χ0) is 9.90. The Bertz CT molecular complexity index is 188. The van der Waals surface area contributed by atoms with Crippen molar-refractivity contribution in [1.29, 1.82) is 0 Å². The summed E-state index contributed by atoms with van der Waals surface area (Å²) >= 11 is 0. The van der Waals surface area contributed by atoms with E-state index in [4.69, 9.17) is 4.74 Å². The van der Waals surface area contributed by atoms with Gasteiger partial charge < -0.3 is 9.47 Å². The second kappa shape index (κ2) is 4.00. The summed E-state index contributed by atoms with van der Waals surface area (Å²) in [7, 11) is 0.960. The number of esters is 1. The maximum Gasteiger partial charge on any atom is 0.376 e. The molecule has 0 N–H and O–H groups in total. The molecule has 5 heteroatoms. The van der Waals surface area contributed by atoms with Gasteiger partial charge in [0.1, 0.15) is 0 Å². The van der Waals surface area contributed by atoms with Crippen LogP contribution in [0.3, 0.4) is 0 Å². The molecule has 1 fully saturated rings. The van der Waals surface area contributed by atoms with Crippen LogP contribution in [0.1, 0.15) is 12.8 Å². The molecule has 1 aliphatic heterocycles. The SMILES string of the molecule is COC(=O)C(F)(F)CC1CCOC1. The van der Waals surface area contributed by atoms with Crippen molar-refractivity contribution >= 4 is 5.97 Å². The molecule has 0 spiro atoms. The van der Waals surface area contributed by atoms with Crippen molar-refractivity contribution in [3.05, 3.63) is 0 Å². The minimum atomic E-state index is -3.37. The van der Waals surface area contributed by atoms with Gasteiger partial charge in [-0.05, 0) is 12.3 Å². The van der Waals surface area contributed by atoms with E-state index >= 15 is 0 Å². The van der Waals surface area contributed by atoms with Crippen LogP contribution in [0.25, 0.3) is 0 Å². The topological polar surface area (TPSA) is 35.5 Å². The van der Waals surface area contributed by atoms with E-state index < -0.39 is 18.3 Å². The van der Waals surface area contributed by atoms with E-state index in [1.165, 1.54) is 0 Å². The molecule has 0 radical (unpaired) electrons. The molecule has 0 saturated carbocycles. The fraction of sp³-hybridized carbons (Fsp3) is 0.875. The number of hydrogen-bond donors (Lipinski definition) is 0. The molecule has 0 aromatic heterocycles. The van der Waals surface area contributed by atoms with E-state index in [1.807, 2.05) is 0 Å². The second-order valence-electron chi connectivity index (χ2n) is 3.13. The van der Waals surface area contributed by atoms with Gasteiger partial charge in [0.05, 0.1) is 7.11 Å². The Morgan fingerprint density at radius 3 is 2.85 bits per heavy atom. The zero-order valence-electron chi connectivity index (χ0n) is 7.39. The highest BCUT2D eigenvalue weighted by atomic mass is 19.3. The number of carbonyl (C=O) groups is 1. The van der Waals surface area contributed by atoms with Crippen LogP contribution >= 0.6 is 0 Å².